The number of aromatic carboxylic acids is 1. The first-order chi connectivity index (χ1) is 8.41. The van der Waals surface area contributed by atoms with Gasteiger partial charge in [0.15, 0.2) is 0 Å². The zero-order chi connectivity index (χ0) is 13.8. The fraction of sp³-hybridized carbons (Fsp3) is 0.273. The maximum absolute atomic E-state index is 12.1. The van der Waals surface area contributed by atoms with Crippen LogP contribution in [0.5, 0.6) is 0 Å². The molecule has 0 bridgehead atoms. The van der Waals surface area contributed by atoms with Gasteiger partial charge in [-0.05, 0) is 12.1 Å². The Labute approximate surface area is 105 Å². The van der Waals surface area contributed by atoms with Crippen LogP contribution in [0.15, 0.2) is 29.2 Å². The minimum atomic E-state index is -3.89. The van der Waals surface area contributed by atoms with Crippen LogP contribution in [0.1, 0.15) is 16.8 Å². The topological polar surface area (TPSA) is 98.5 Å². The third-order valence-corrected chi connectivity index (χ3v) is 4.26. The van der Waals surface area contributed by atoms with Gasteiger partial charge in [0.05, 0.1) is 16.5 Å². The highest BCUT2D eigenvalue weighted by molar-refractivity contribution is 7.89. The highest BCUT2D eigenvalue weighted by Crippen LogP contribution is 2.19. The number of nitriles is 1. The van der Waals surface area contributed by atoms with Gasteiger partial charge in [-0.15, -0.1) is 0 Å². The zero-order valence-corrected chi connectivity index (χ0v) is 10.5. The molecule has 0 radical (unpaired) electrons. The molecule has 1 N–H and O–H groups in total. The van der Waals surface area contributed by atoms with Gasteiger partial charge < -0.3 is 5.11 Å². The number of sulfonamides is 1. The number of rotatable bonds is 5. The summed E-state index contributed by atoms with van der Waals surface area (Å²) in [7, 11) is -2.57. The number of carboxylic acids is 1. The summed E-state index contributed by atoms with van der Waals surface area (Å²) < 4.78 is 25.2. The maximum atomic E-state index is 12.1. The lowest BCUT2D eigenvalue weighted by Crippen LogP contribution is -2.29. The van der Waals surface area contributed by atoms with E-state index in [-0.39, 0.29) is 23.4 Å². The van der Waals surface area contributed by atoms with Crippen LogP contribution >= 0.6 is 0 Å². The molecule has 0 spiro atoms. The molecule has 1 rings (SSSR count). The molecule has 1 aromatic rings. The molecule has 0 fully saturated rings. The third-order valence-electron chi connectivity index (χ3n) is 2.34. The molecular formula is C11H12N2O4S. The second-order valence-corrected chi connectivity index (χ2v) is 5.55. The van der Waals surface area contributed by atoms with Crippen molar-refractivity contribution in [1.29, 1.82) is 5.26 Å². The summed E-state index contributed by atoms with van der Waals surface area (Å²) in [6.07, 6.45) is 0.0466. The number of hydrogen-bond acceptors (Lipinski definition) is 4. The average Bonchev–Trinajstić information content (AvgIpc) is 2.35. The first kappa shape index (κ1) is 14.2. The molecule has 7 heteroatoms. The summed E-state index contributed by atoms with van der Waals surface area (Å²) in [6, 6.07) is 7.22. The number of nitrogens with zero attached hydrogens (tertiary/aromatic N) is 2. The molecule has 1 aromatic carbocycles. The van der Waals surface area contributed by atoms with Crippen LogP contribution in [0.25, 0.3) is 0 Å². The van der Waals surface area contributed by atoms with E-state index in [4.69, 9.17) is 10.4 Å². The van der Waals surface area contributed by atoms with E-state index in [1.165, 1.54) is 31.3 Å². The molecular weight excluding hydrogens is 256 g/mol. The van der Waals surface area contributed by atoms with E-state index < -0.39 is 16.0 Å². The van der Waals surface area contributed by atoms with Crippen molar-refractivity contribution >= 4 is 16.0 Å². The lowest BCUT2D eigenvalue weighted by Gasteiger charge is -2.16. The van der Waals surface area contributed by atoms with Gasteiger partial charge in [0, 0.05) is 20.0 Å². The van der Waals surface area contributed by atoms with Crippen LogP contribution in [-0.2, 0) is 10.0 Å². The highest BCUT2D eigenvalue weighted by Gasteiger charge is 2.25. The summed E-state index contributed by atoms with van der Waals surface area (Å²) in [5.74, 6) is -1.30. The zero-order valence-electron chi connectivity index (χ0n) is 9.70. The lowest BCUT2D eigenvalue weighted by molar-refractivity contribution is 0.0692. The third kappa shape index (κ3) is 2.85. The Balaban J connectivity index is 3.21. The first-order valence-corrected chi connectivity index (χ1v) is 6.51. The quantitative estimate of drug-likeness (QED) is 0.856. The normalized spacial score (nSPS) is 11.2. The largest absolute Gasteiger partial charge is 0.478 e. The molecule has 0 saturated carbocycles. The molecule has 0 atom stereocenters. The molecule has 0 amide bonds. The second kappa shape index (κ2) is 5.62. The van der Waals surface area contributed by atoms with Crippen molar-refractivity contribution in [3.05, 3.63) is 29.8 Å². The molecule has 0 heterocycles. The molecule has 96 valence electrons. The summed E-state index contributed by atoms with van der Waals surface area (Å²) in [4.78, 5) is 10.7. The van der Waals surface area contributed by atoms with Crippen LogP contribution in [-0.4, -0.2) is 37.4 Å². The van der Waals surface area contributed by atoms with Crippen LogP contribution in [0, 0.1) is 11.3 Å². The maximum Gasteiger partial charge on any atom is 0.337 e. The fourth-order valence-corrected chi connectivity index (χ4v) is 2.72. The second-order valence-electron chi connectivity index (χ2n) is 3.54. The van der Waals surface area contributed by atoms with Gasteiger partial charge in [-0.2, -0.15) is 9.57 Å². The number of carbonyl (C=O) groups is 1. The molecule has 18 heavy (non-hydrogen) atoms. The molecule has 0 saturated heterocycles. The van der Waals surface area contributed by atoms with E-state index in [1.54, 1.807) is 0 Å². The van der Waals surface area contributed by atoms with E-state index in [9.17, 15) is 13.2 Å². The van der Waals surface area contributed by atoms with Crippen LogP contribution in [0.3, 0.4) is 0 Å². The molecule has 0 aliphatic rings. The van der Waals surface area contributed by atoms with Crippen molar-refractivity contribution in [3.8, 4) is 6.07 Å². The minimum Gasteiger partial charge on any atom is -0.478 e. The molecule has 0 aromatic heterocycles. The van der Waals surface area contributed by atoms with Crippen LogP contribution in [0.4, 0.5) is 0 Å². The fourth-order valence-electron chi connectivity index (χ4n) is 1.36. The Morgan fingerprint density at radius 3 is 2.61 bits per heavy atom. The van der Waals surface area contributed by atoms with Crippen molar-refractivity contribution in [2.75, 3.05) is 13.6 Å². The molecule has 0 unspecified atom stereocenters. The first-order valence-electron chi connectivity index (χ1n) is 5.07. The molecule has 6 nitrogen and oxygen atoms in total. The van der Waals surface area contributed by atoms with Gasteiger partial charge in [-0.3, -0.25) is 0 Å². The number of benzene rings is 1. The smallest absolute Gasteiger partial charge is 0.337 e. The van der Waals surface area contributed by atoms with E-state index in [1.807, 2.05) is 6.07 Å². The Morgan fingerprint density at radius 1 is 1.44 bits per heavy atom. The predicted octanol–water partition coefficient (Wildman–Crippen LogP) is 0.919. The predicted molar refractivity (Wildman–Crippen MR) is 63.4 cm³/mol. The van der Waals surface area contributed by atoms with Crippen molar-refractivity contribution < 1.29 is 18.3 Å². The molecule has 0 aliphatic carbocycles. The Bertz CT molecular complexity index is 589. The summed E-state index contributed by atoms with van der Waals surface area (Å²) in [5.41, 5.74) is -0.277. The lowest BCUT2D eigenvalue weighted by atomic mass is 10.2. The summed E-state index contributed by atoms with van der Waals surface area (Å²) in [5, 5.41) is 17.4. The van der Waals surface area contributed by atoms with E-state index >= 15 is 0 Å². The van der Waals surface area contributed by atoms with Crippen molar-refractivity contribution in [3.63, 3.8) is 0 Å². The summed E-state index contributed by atoms with van der Waals surface area (Å²) >= 11 is 0. The Kier molecular flexibility index (Phi) is 4.42. The SMILES string of the molecule is CN(CCC#N)S(=O)(=O)c1ccccc1C(=O)O. The van der Waals surface area contributed by atoms with Gasteiger partial charge in [0.1, 0.15) is 0 Å². The van der Waals surface area contributed by atoms with Gasteiger partial charge in [0.2, 0.25) is 10.0 Å². The standard InChI is InChI=1S/C11H12N2O4S/c1-13(8-4-7-12)18(16,17)10-6-3-2-5-9(10)11(14)15/h2-3,5-6H,4,8H2,1H3,(H,14,15). The van der Waals surface area contributed by atoms with Crippen molar-refractivity contribution in [2.24, 2.45) is 0 Å². The van der Waals surface area contributed by atoms with Gasteiger partial charge >= 0.3 is 5.97 Å². The summed E-state index contributed by atoms with van der Waals surface area (Å²) in [6.45, 7) is 0.0206. The van der Waals surface area contributed by atoms with Crippen LogP contribution in [0.2, 0.25) is 0 Å². The molecule has 0 aliphatic heterocycles. The van der Waals surface area contributed by atoms with E-state index in [0.717, 1.165) is 4.31 Å². The number of carboxylic acid groups (broad SMARTS) is 1. The van der Waals surface area contributed by atoms with Crippen molar-refractivity contribution in [2.45, 2.75) is 11.3 Å². The van der Waals surface area contributed by atoms with E-state index in [2.05, 4.69) is 0 Å². The Morgan fingerprint density at radius 2 is 2.06 bits per heavy atom. The monoisotopic (exact) mass is 268 g/mol. The minimum absolute atomic E-state index is 0.0206. The van der Waals surface area contributed by atoms with Gasteiger partial charge in [-0.25, -0.2) is 13.2 Å². The van der Waals surface area contributed by atoms with Gasteiger partial charge in [0.25, 0.3) is 0 Å². The van der Waals surface area contributed by atoms with Crippen LogP contribution < -0.4 is 0 Å². The Hall–Kier alpha value is -1.91. The van der Waals surface area contributed by atoms with Crippen molar-refractivity contribution in [1.82, 2.24) is 4.31 Å². The highest BCUT2D eigenvalue weighted by atomic mass is 32.2. The van der Waals surface area contributed by atoms with E-state index in [0.29, 0.717) is 0 Å². The number of hydrogen-bond donors (Lipinski definition) is 1. The average molecular weight is 268 g/mol. The van der Waals surface area contributed by atoms with Gasteiger partial charge in [-0.1, -0.05) is 12.1 Å².